The van der Waals surface area contributed by atoms with Gasteiger partial charge >= 0.3 is 0 Å². The van der Waals surface area contributed by atoms with E-state index in [0.29, 0.717) is 6.04 Å². The third-order valence-electron chi connectivity index (χ3n) is 1.79. The van der Waals surface area contributed by atoms with Crippen molar-refractivity contribution in [2.75, 3.05) is 12.3 Å². The minimum Gasteiger partial charge on any atom is -0.314 e. The summed E-state index contributed by atoms with van der Waals surface area (Å²) in [4.78, 5) is 8.53. The Hall–Kier alpha value is -0.610. The molecular formula is C10H17N3S. The zero-order valence-electron chi connectivity index (χ0n) is 8.95. The molecular weight excluding hydrogens is 194 g/mol. The van der Waals surface area contributed by atoms with E-state index in [2.05, 4.69) is 29.1 Å². The molecule has 0 amide bonds. The monoisotopic (exact) mass is 211 g/mol. The average molecular weight is 211 g/mol. The van der Waals surface area contributed by atoms with E-state index in [-0.39, 0.29) is 0 Å². The normalized spacial score (nSPS) is 12.8. The van der Waals surface area contributed by atoms with Crippen LogP contribution in [0, 0.1) is 6.92 Å². The van der Waals surface area contributed by atoms with E-state index in [1.165, 1.54) is 0 Å². The summed E-state index contributed by atoms with van der Waals surface area (Å²) >= 11 is 1.70. The number of rotatable bonds is 5. The molecule has 3 nitrogen and oxygen atoms in total. The van der Waals surface area contributed by atoms with E-state index in [1.54, 1.807) is 11.8 Å². The Morgan fingerprint density at radius 1 is 1.57 bits per heavy atom. The van der Waals surface area contributed by atoms with Gasteiger partial charge in [0.05, 0.1) is 0 Å². The van der Waals surface area contributed by atoms with Gasteiger partial charge in [0.2, 0.25) is 0 Å². The molecule has 0 spiro atoms. The van der Waals surface area contributed by atoms with Crippen LogP contribution in [-0.2, 0) is 0 Å². The molecule has 0 aliphatic heterocycles. The van der Waals surface area contributed by atoms with E-state index in [0.717, 1.165) is 23.1 Å². The van der Waals surface area contributed by atoms with Crippen LogP contribution in [0.2, 0.25) is 0 Å². The first kappa shape index (κ1) is 11.5. The van der Waals surface area contributed by atoms with E-state index >= 15 is 0 Å². The first-order chi connectivity index (χ1) is 6.72. The lowest BCUT2D eigenvalue weighted by molar-refractivity contribution is 0.619. The SMILES string of the molecule is CCNC(C)CSc1nccc(C)n1. The Morgan fingerprint density at radius 2 is 2.36 bits per heavy atom. The molecule has 0 radical (unpaired) electrons. The van der Waals surface area contributed by atoms with Crippen LogP contribution in [0.5, 0.6) is 0 Å². The van der Waals surface area contributed by atoms with Gasteiger partial charge in [-0.25, -0.2) is 9.97 Å². The van der Waals surface area contributed by atoms with Crippen LogP contribution in [0.15, 0.2) is 17.4 Å². The second kappa shape index (κ2) is 5.98. The van der Waals surface area contributed by atoms with Crippen LogP contribution in [0.4, 0.5) is 0 Å². The molecule has 1 aromatic heterocycles. The Balaban J connectivity index is 2.37. The molecule has 0 fully saturated rings. The molecule has 1 aromatic rings. The number of nitrogens with zero attached hydrogens (tertiary/aromatic N) is 2. The first-order valence-corrected chi connectivity index (χ1v) is 5.86. The fourth-order valence-electron chi connectivity index (χ4n) is 1.10. The van der Waals surface area contributed by atoms with Crippen molar-refractivity contribution in [3.05, 3.63) is 18.0 Å². The maximum atomic E-state index is 4.33. The molecule has 78 valence electrons. The molecule has 1 unspecified atom stereocenters. The fourth-order valence-corrected chi connectivity index (χ4v) is 1.96. The molecule has 4 heteroatoms. The number of aryl methyl sites for hydroxylation is 1. The zero-order valence-corrected chi connectivity index (χ0v) is 9.77. The molecule has 0 saturated carbocycles. The average Bonchev–Trinajstić information content (AvgIpc) is 2.15. The van der Waals surface area contributed by atoms with Gasteiger partial charge in [-0.1, -0.05) is 18.7 Å². The minimum absolute atomic E-state index is 0.508. The Kier molecular flexibility index (Phi) is 4.90. The number of hydrogen-bond acceptors (Lipinski definition) is 4. The summed E-state index contributed by atoms with van der Waals surface area (Å²) in [6, 6.07) is 2.42. The molecule has 1 heterocycles. The minimum atomic E-state index is 0.508. The lowest BCUT2D eigenvalue weighted by atomic mass is 10.4. The molecule has 1 atom stereocenters. The quantitative estimate of drug-likeness (QED) is 0.596. The van der Waals surface area contributed by atoms with Gasteiger partial charge in [0.25, 0.3) is 0 Å². The van der Waals surface area contributed by atoms with Crippen LogP contribution in [0.25, 0.3) is 0 Å². The van der Waals surface area contributed by atoms with Gasteiger partial charge in [-0.3, -0.25) is 0 Å². The van der Waals surface area contributed by atoms with Crippen molar-refractivity contribution in [1.29, 1.82) is 0 Å². The van der Waals surface area contributed by atoms with Gasteiger partial charge < -0.3 is 5.32 Å². The number of hydrogen-bond donors (Lipinski definition) is 1. The van der Waals surface area contributed by atoms with E-state index in [1.807, 2.05) is 19.2 Å². The molecule has 14 heavy (non-hydrogen) atoms. The van der Waals surface area contributed by atoms with Crippen LogP contribution >= 0.6 is 11.8 Å². The summed E-state index contributed by atoms with van der Waals surface area (Å²) in [5.41, 5.74) is 1.03. The van der Waals surface area contributed by atoms with E-state index in [4.69, 9.17) is 0 Å². The van der Waals surface area contributed by atoms with Crippen molar-refractivity contribution >= 4 is 11.8 Å². The van der Waals surface area contributed by atoms with Crippen molar-refractivity contribution in [1.82, 2.24) is 15.3 Å². The maximum absolute atomic E-state index is 4.33. The van der Waals surface area contributed by atoms with Crippen molar-refractivity contribution in [3.63, 3.8) is 0 Å². The molecule has 0 saturated heterocycles. The number of aromatic nitrogens is 2. The highest BCUT2D eigenvalue weighted by atomic mass is 32.2. The Labute approximate surface area is 89.7 Å². The molecule has 1 rings (SSSR count). The zero-order chi connectivity index (χ0) is 10.4. The highest BCUT2D eigenvalue weighted by molar-refractivity contribution is 7.99. The van der Waals surface area contributed by atoms with Gasteiger partial charge in [-0.05, 0) is 26.5 Å². The van der Waals surface area contributed by atoms with Gasteiger partial charge in [0.1, 0.15) is 0 Å². The van der Waals surface area contributed by atoms with Crippen LogP contribution in [0.1, 0.15) is 19.5 Å². The van der Waals surface area contributed by atoms with Gasteiger partial charge in [-0.2, -0.15) is 0 Å². The van der Waals surface area contributed by atoms with Crippen LogP contribution in [-0.4, -0.2) is 28.3 Å². The molecule has 1 N–H and O–H groups in total. The highest BCUT2D eigenvalue weighted by Crippen LogP contribution is 2.13. The van der Waals surface area contributed by atoms with Crippen molar-refractivity contribution in [2.45, 2.75) is 32.0 Å². The summed E-state index contributed by atoms with van der Waals surface area (Å²) in [5.74, 6) is 1.01. The standard InChI is InChI=1S/C10H17N3S/c1-4-11-9(3)7-14-10-12-6-5-8(2)13-10/h5-6,9,11H,4,7H2,1-3H3. The third kappa shape index (κ3) is 4.07. The maximum Gasteiger partial charge on any atom is 0.187 e. The number of thioether (sulfide) groups is 1. The lowest BCUT2D eigenvalue weighted by Gasteiger charge is -2.10. The van der Waals surface area contributed by atoms with E-state index in [9.17, 15) is 0 Å². The summed E-state index contributed by atoms with van der Waals surface area (Å²) in [6.07, 6.45) is 1.81. The molecule has 0 aromatic carbocycles. The van der Waals surface area contributed by atoms with Crippen molar-refractivity contribution in [3.8, 4) is 0 Å². The highest BCUT2D eigenvalue weighted by Gasteiger charge is 2.02. The van der Waals surface area contributed by atoms with Crippen molar-refractivity contribution in [2.24, 2.45) is 0 Å². The summed E-state index contributed by atoms with van der Waals surface area (Å²) < 4.78 is 0. The third-order valence-corrected chi connectivity index (χ3v) is 2.91. The summed E-state index contributed by atoms with van der Waals surface area (Å²) in [5, 5.41) is 4.22. The molecule has 0 aliphatic carbocycles. The fraction of sp³-hybridized carbons (Fsp3) is 0.600. The topological polar surface area (TPSA) is 37.8 Å². The second-order valence-electron chi connectivity index (χ2n) is 3.25. The van der Waals surface area contributed by atoms with Gasteiger partial charge in [-0.15, -0.1) is 0 Å². The first-order valence-electron chi connectivity index (χ1n) is 4.88. The molecule has 0 bridgehead atoms. The largest absolute Gasteiger partial charge is 0.314 e. The Bertz CT molecular complexity index is 278. The van der Waals surface area contributed by atoms with Crippen LogP contribution in [0.3, 0.4) is 0 Å². The smallest absolute Gasteiger partial charge is 0.187 e. The number of nitrogens with one attached hydrogen (secondary N) is 1. The Morgan fingerprint density at radius 3 is 3.00 bits per heavy atom. The lowest BCUT2D eigenvalue weighted by Crippen LogP contribution is -2.27. The van der Waals surface area contributed by atoms with Crippen LogP contribution < -0.4 is 5.32 Å². The van der Waals surface area contributed by atoms with Crippen molar-refractivity contribution < 1.29 is 0 Å². The van der Waals surface area contributed by atoms with Gasteiger partial charge in [0, 0.05) is 23.7 Å². The summed E-state index contributed by atoms with van der Waals surface area (Å²) in [6.45, 7) is 7.28. The second-order valence-corrected chi connectivity index (χ2v) is 4.24. The predicted molar refractivity (Wildman–Crippen MR) is 60.6 cm³/mol. The summed E-state index contributed by atoms with van der Waals surface area (Å²) in [7, 11) is 0. The predicted octanol–water partition coefficient (Wildman–Crippen LogP) is 1.88. The van der Waals surface area contributed by atoms with E-state index < -0.39 is 0 Å². The van der Waals surface area contributed by atoms with Gasteiger partial charge in [0.15, 0.2) is 5.16 Å². The molecule has 0 aliphatic rings.